The van der Waals surface area contributed by atoms with Gasteiger partial charge < -0.3 is 16.3 Å². The van der Waals surface area contributed by atoms with Crippen molar-refractivity contribution in [2.24, 2.45) is 22.2 Å². The van der Waals surface area contributed by atoms with E-state index in [9.17, 15) is 4.79 Å². The Morgan fingerprint density at radius 3 is 2.57 bits per heavy atom. The van der Waals surface area contributed by atoms with E-state index in [1.807, 2.05) is 13.0 Å². The molecule has 4 N–H and O–H groups in total. The summed E-state index contributed by atoms with van der Waals surface area (Å²) < 4.78 is 0. The first-order valence-electron chi connectivity index (χ1n) is 7.03. The van der Waals surface area contributed by atoms with Gasteiger partial charge in [0.2, 0.25) is 5.91 Å². The highest BCUT2D eigenvalue weighted by Crippen LogP contribution is 2.28. The number of rotatable bonds is 4. The van der Waals surface area contributed by atoms with E-state index in [1.54, 1.807) is 12.1 Å². The van der Waals surface area contributed by atoms with Crippen LogP contribution < -0.4 is 11.1 Å². The normalized spacial score (nSPS) is 13.9. The molecule has 0 aliphatic heterocycles. The molecule has 1 amide bonds. The Balaban J connectivity index is 2.85. The number of benzene rings is 1. The summed E-state index contributed by atoms with van der Waals surface area (Å²) in [5.41, 5.74) is 7.84. The van der Waals surface area contributed by atoms with Gasteiger partial charge in [-0.3, -0.25) is 4.79 Å². The fourth-order valence-corrected chi connectivity index (χ4v) is 1.76. The number of nitrogens with zero attached hydrogens (tertiary/aromatic N) is 1. The lowest BCUT2D eigenvalue weighted by Crippen LogP contribution is -2.24. The number of nitrogens with two attached hydrogens (primary N) is 1. The highest BCUT2D eigenvalue weighted by molar-refractivity contribution is 5.99. The molecule has 0 aliphatic rings. The number of hydrogen-bond acceptors (Lipinski definition) is 3. The maximum atomic E-state index is 12.2. The van der Waals surface area contributed by atoms with Crippen LogP contribution >= 0.6 is 0 Å². The third-order valence-corrected chi connectivity index (χ3v) is 3.89. The van der Waals surface area contributed by atoms with Crippen molar-refractivity contribution in [2.45, 2.75) is 41.0 Å². The Morgan fingerprint density at radius 1 is 1.43 bits per heavy atom. The van der Waals surface area contributed by atoms with Gasteiger partial charge in [0.1, 0.15) is 0 Å². The second kappa shape index (κ2) is 6.61. The van der Waals surface area contributed by atoms with Gasteiger partial charge in [0.25, 0.3) is 0 Å². The van der Waals surface area contributed by atoms with Crippen LogP contribution in [-0.4, -0.2) is 17.0 Å². The number of amidine groups is 1. The highest BCUT2D eigenvalue weighted by Gasteiger charge is 2.22. The van der Waals surface area contributed by atoms with Crippen LogP contribution in [0, 0.1) is 18.3 Å². The number of aryl methyl sites for hydroxylation is 1. The Labute approximate surface area is 126 Å². The third-order valence-electron chi connectivity index (χ3n) is 3.89. The summed E-state index contributed by atoms with van der Waals surface area (Å²) in [5, 5.41) is 14.6. The minimum absolute atomic E-state index is 0.0218. The zero-order chi connectivity index (χ0) is 16.2. The minimum atomic E-state index is -0.0304. The average Bonchev–Trinajstić information content (AvgIpc) is 2.39. The van der Waals surface area contributed by atoms with E-state index >= 15 is 0 Å². The fraction of sp³-hybridized carbons (Fsp3) is 0.500. The quantitative estimate of drug-likeness (QED) is 0.345. The number of hydrogen-bond donors (Lipinski definition) is 3. The zero-order valence-corrected chi connectivity index (χ0v) is 13.4. The third kappa shape index (κ3) is 4.77. The lowest BCUT2D eigenvalue weighted by molar-refractivity contribution is -0.117. The van der Waals surface area contributed by atoms with E-state index in [0.717, 1.165) is 5.56 Å². The molecule has 21 heavy (non-hydrogen) atoms. The van der Waals surface area contributed by atoms with Crippen LogP contribution in [0.3, 0.4) is 0 Å². The molecule has 1 rings (SSSR count). The van der Waals surface area contributed by atoms with Crippen molar-refractivity contribution < 1.29 is 10.0 Å². The van der Waals surface area contributed by atoms with Crippen LogP contribution in [0.5, 0.6) is 0 Å². The maximum absolute atomic E-state index is 12.2. The number of anilines is 1. The van der Waals surface area contributed by atoms with Crippen molar-refractivity contribution in [1.29, 1.82) is 0 Å². The summed E-state index contributed by atoms with van der Waals surface area (Å²) in [6.45, 7) is 10.3. The topological polar surface area (TPSA) is 87.7 Å². The average molecular weight is 291 g/mol. The van der Waals surface area contributed by atoms with Crippen LogP contribution in [0.2, 0.25) is 0 Å². The van der Waals surface area contributed by atoms with E-state index in [1.165, 1.54) is 0 Å². The van der Waals surface area contributed by atoms with Crippen molar-refractivity contribution in [3.8, 4) is 0 Å². The lowest BCUT2D eigenvalue weighted by Gasteiger charge is -2.26. The summed E-state index contributed by atoms with van der Waals surface area (Å²) >= 11 is 0. The second-order valence-electron chi connectivity index (χ2n) is 6.53. The summed E-state index contributed by atoms with van der Waals surface area (Å²) in [5.74, 6) is 0.260. The number of carbonyl (C=O) groups is 1. The fourth-order valence-electron chi connectivity index (χ4n) is 1.76. The molecule has 0 bridgehead atoms. The van der Waals surface area contributed by atoms with Gasteiger partial charge in [-0.15, -0.1) is 0 Å². The molecule has 0 radical (unpaired) electrons. The smallest absolute Gasteiger partial charge is 0.224 e. The first-order chi connectivity index (χ1) is 9.65. The molecule has 0 heterocycles. The molecule has 5 nitrogen and oxygen atoms in total. The van der Waals surface area contributed by atoms with Gasteiger partial charge in [0.15, 0.2) is 5.84 Å². The van der Waals surface area contributed by atoms with Crippen molar-refractivity contribution in [3.05, 3.63) is 29.3 Å². The standard InChI is InChI=1S/C16H25N3O2/c1-10-6-7-12(15(17)19-21)9-13(10)18-14(20)8-11(2)16(3,4)5/h6-7,9,11,21H,8H2,1-5H3,(H2,17,19)(H,18,20). The van der Waals surface area contributed by atoms with Crippen molar-refractivity contribution in [1.82, 2.24) is 0 Å². The maximum Gasteiger partial charge on any atom is 0.224 e. The number of carbonyl (C=O) groups excluding carboxylic acids is 1. The molecule has 1 aromatic rings. The SMILES string of the molecule is Cc1ccc(C(N)=NO)cc1NC(=O)CC(C)C(C)(C)C. The molecule has 0 aromatic heterocycles. The molecular weight excluding hydrogens is 266 g/mol. The summed E-state index contributed by atoms with van der Waals surface area (Å²) in [6.07, 6.45) is 0.455. The Morgan fingerprint density at radius 2 is 2.05 bits per heavy atom. The molecule has 1 aromatic carbocycles. The van der Waals surface area contributed by atoms with Gasteiger partial charge in [-0.1, -0.05) is 45.0 Å². The highest BCUT2D eigenvalue weighted by atomic mass is 16.4. The van der Waals surface area contributed by atoms with Crippen LogP contribution in [-0.2, 0) is 4.79 Å². The van der Waals surface area contributed by atoms with E-state index in [0.29, 0.717) is 17.7 Å². The predicted molar refractivity (Wildman–Crippen MR) is 85.6 cm³/mol. The molecule has 0 saturated heterocycles. The van der Waals surface area contributed by atoms with E-state index < -0.39 is 0 Å². The molecule has 0 aliphatic carbocycles. The van der Waals surface area contributed by atoms with Crippen LogP contribution in [0.15, 0.2) is 23.4 Å². The van der Waals surface area contributed by atoms with E-state index in [-0.39, 0.29) is 23.1 Å². The van der Waals surface area contributed by atoms with E-state index in [4.69, 9.17) is 10.9 Å². The lowest BCUT2D eigenvalue weighted by atomic mass is 9.80. The van der Waals surface area contributed by atoms with Crippen LogP contribution in [0.4, 0.5) is 5.69 Å². The van der Waals surface area contributed by atoms with Gasteiger partial charge in [0.05, 0.1) is 0 Å². The molecule has 116 valence electrons. The second-order valence-corrected chi connectivity index (χ2v) is 6.53. The van der Waals surface area contributed by atoms with Crippen molar-refractivity contribution in [3.63, 3.8) is 0 Å². The number of nitrogens with one attached hydrogen (secondary N) is 1. The molecule has 1 atom stereocenters. The Hall–Kier alpha value is -2.04. The summed E-state index contributed by atoms with van der Waals surface area (Å²) in [7, 11) is 0. The Kier molecular flexibility index (Phi) is 5.35. The Bertz CT molecular complexity index is 545. The molecular formula is C16H25N3O2. The van der Waals surface area contributed by atoms with Gasteiger partial charge in [-0.05, 0) is 29.9 Å². The van der Waals surface area contributed by atoms with Gasteiger partial charge in [-0.2, -0.15) is 0 Å². The summed E-state index contributed by atoms with van der Waals surface area (Å²) in [4.78, 5) is 12.2. The molecule has 5 heteroatoms. The molecule has 1 unspecified atom stereocenters. The summed E-state index contributed by atoms with van der Waals surface area (Å²) in [6, 6.07) is 5.29. The zero-order valence-electron chi connectivity index (χ0n) is 13.4. The molecule has 0 fully saturated rings. The number of amides is 1. The first kappa shape index (κ1) is 17.0. The van der Waals surface area contributed by atoms with E-state index in [2.05, 4.69) is 38.2 Å². The largest absolute Gasteiger partial charge is 0.409 e. The van der Waals surface area contributed by atoms with Gasteiger partial charge in [-0.25, -0.2) is 0 Å². The molecule has 0 spiro atoms. The van der Waals surface area contributed by atoms with Gasteiger partial charge in [0, 0.05) is 17.7 Å². The predicted octanol–water partition coefficient (Wildman–Crippen LogP) is 3.10. The van der Waals surface area contributed by atoms with Crippen molar-refractivity contribution in [2.75, 3.05) is 5.32 Å². The monoisotopic (exact) mass is 291 g/mol. The van der Waals surface area contributed by atoms with Gasteiger partial charge >= 0.3 is 0 Å². The molecule has 0 saturated carbocycles. The van der Waals surface area contributed by atoms with Crippen LogP contribution in [0.1, 0.15) is 45.2 Å². The van der Waals surface area contributed by atoms with Crippen molar-refractivity contribution >= 4 is 17.4 Å². The minimum Gasteiger partial charge on any atom is -0.409 e. The van der Waals surface area contributed by atoms with Crippen LogP contribution in [0.25, 0.3) is 0 Å². The number of oxime groups is 1. The first-order valence-corrected chi connectivity index (χ1v) is 7.03.